The van der Waals surface area contributed by atoms with E-state index in [1.54, 1.807) is 114 Å². The van der Waals surface area contributed by atoms with E-state index in [0.717, 1.165) is 5.01 Å². The van der Waals surface area contributed by atoms with Gasteiger partial charge in [0.25, 0.3) is 0 Å². The van der Waals surface area contributed by atoms with E-state index in [9.17, 15) is 14.2 Å². The zero-order chi connectivity index (χ0) is 27.3. The standard InChI is InChI=1S/C28H33N2O6P/c1-27(2,3)34-25(31)29-30(26(32)35-28(4,5)6)21-17-19-22(20-18-21)36-37(33,23-13-9-7-10-14-23)24-15-11-8-12-16-24/h7-20H,1-6H3,(H,29,31). The largest absolute Gasteiger partial charge is 0.443 e. The van der Waals surface area contributed by atoms with Gasteiger partial charge in [0.2, 0.25) is 0 Å². The molecule has 37 heavy (non-hydrogen) atoms. The number of amides is 2. The summed E-state index contributed by atoms with van der Waals surface area (Å²) >= 11 is 0. The molecule has 3 aromatic rings. The first-order valence-electron chi connectivity index (χ1n) is 11.8. The molecule has 1 N–H and O–H groups in total. The Morgan fingerprint density at radius 1 is 0.703 bits per heavy atom. The number of anilines is 1. The van der Waals surface area contributed by atoms with Crippen molar-refractivity contribution in [2.75, 3.05) is 5.01 Å². The molecule has 8 nitrogen and oxygen atoms in total. The molecule has 0 heterocycles. The average Bonchev–Trinajstić information content (AvgIpc) is 2.82. The smallest absolute Gasteiger partial charge is 0.434 e. The van der Waals surface area contributed by atoms with Gasteiger partial charge in [-0.3, -0.25) is 4.57 Å². The lowest BCUT2D eigenvalue weighted by Gasteiger charge is -2.29. The van der Waals surface area contributed by atoms with Gasteiger partial charge >= 0.3 is 19.6 Å². The maximum absolute atomic E-state index is 14.2. The lowest BCUT2D eigenvalue weighted by Crippen LogP contribution is -2.50. The Balaban J connectivity index is 1.91. The van der Waals surface area contributed by atoms with Crippen molar-refractivity contribution in [3.63, 3.8) is 0 Å². The summed E-state index contributed by atoms with van der Waals surface area (Å²) in [5, 5.41) is 2.05. The molecule has 3 rings (SSSR count). The molecular formula is C28H33N2O6P. The minimum Gasteiger partial charge on any atom is -0.443 e. The number of hydrogen-bond donors (Lipinski definition) is 1. The number of hydrogen-bond acceptors (Lipinski definition) is 6. The zero-order valence-corrected chi connectivity index (χ0v) is 22.8. The van der Waals surface area contributed by atoms with E-state index >= 15 is 0 Å². The highest BCUT2D eigenvalue weighted by Gasteiger charge is 2.31. The van der Waals surface area contributed by atoms with Crippen LogP contribution >= 0.6 is 7.37 Å². The van der Waals surface area contributed by atoms with E-state index in [0.29, 0.717) is 22.0 Å². The highest BCUT2D eigenvalue weighted by Crippen LogP contribution is 2.45. The summed E-state index contributed by atoms with van der Waals surface area (Å²) in [7, 11) is -3.47. The molecule has 0 aromatic heterocycles. The SMILES string of the molecule is CC(C)(C)OC(=O)NN(C(=O)OC(C)(C)C)c1ccc(OP(=O)(c2ccccc2)c2ccccc2)cc1. The molecular weight excluding hydrogens is 491 g/mol. The van der Waals surface area contributed by atoms with Gasteiger partial charge in [0.05, 0.1) is 16.3 Å². The molecule has 0 aliphatic rings. The minimum absolute atomic E-state index is 0.293. The molecule has 0 saturated carbocycles. The second-order valence-corrected chi connectivity index (χ2v) is 12.6. The number of nitrogens with one attached hydrogen (secondary N) is 1. The predicted octanol–water partition coefficient (Wildman–Crippen LogP) is 6.18. The summed E-state index contributed by atoms with van der Waals surface area (Å²) < 4.78 is 31.0. The molecule has 2 amide bonds. The van der Waals surface area contributed by atoms with Crippen molar-refractivity contribution in [3.8, 4) is 5.75 Å². The van der Waals surface area contributed by atoms with Crippen LogP contribution in [-0.4, -0.2) is 23.4 Å². The summed E-state index contributed by atoms with van der Waals surface area (Å²) in [6.07, 6.45) is -1.62. The van der Waals surface area contributed by atoms with Crippen LogP contribution in [0.4, 0.5) is 15.3 Å². The highest BCUT2D eigenvalue weighted by atomic mass is 31.2. The van der Waals surface area contributed by atoms with Gasteiger partial charge in [0.1, 0.15) is 17.0 Å². The van der Waals surface area contributed by atoms with E-state index in [4.69, 9.17) is 14.0 Å². The Labute approximate surface area is 218 Å². The van der Waals surface area contributed by atoms with E-state index < -0.39 is 30.8 Å². The van der Waals surface area contributed by atoms with E-state index in [1.165, 1.54) is 0 Å². The van der Waals surface area contributed by atoms with Gasteiger partial charge < -0.3 is 14.0 Å². The molecule has 0 saturated heterocycles. The topological polar surface area (TPSA) is 94.2 Å². The van der Waals surface area contributed by atoms with Crippen LogP contribution in [0.3, 0.4) is 0 Å². The molecule has 0 fully saturated rings. The van der Waals surface area contributed by atoms with Crippen molar-refractivity contribution in [3.05, 3.63) is 84.9 Å². The predicted molar refractivity (Wildman–Crippen MR) is 145 cm³/mol. The van der Waals surface area contributed by atoms with Gasteiger partial charge in [-0.05, 0) is 90.1 Å². The molecule has 3 aromatic carbocycles. The van der Waals surface area contributed by atoms with Crippen molar-refractivity contribution in [1.29, 1.82) is 0 Å². The van der Waals surface area contributed by atoms with Crippen molar-refractivity contribution >= 4 is 35.9 Å². The fraction of sp³-hybridized carbons (Fsp3) is 0.286. The molecule has 0 aliphatic carbocycles. The molecule has 0 spiro atoms. The first-order valence-corrected chi connectivity index (χ1v) is 13.4. The maximum Gasteiger partial charge on any atom is 0.434 e. The Hall–Kier alpha value is -3.77. The summed E-state index contributed by atoms with van der Waals surface area (Å²) in [5.41, 5.74) is 1.16. The van der Waals surface area contributed by atoms with Crippen molar-refractivity contribution in [2.24, 2.45) is 0 Å². The van der Waals surface area contributed by atoms with Gasteiger partial charge in [0, 0.05) is 0 Å². The van der Waals surface area contributed by atoms with Crippen LogP contribution in [0, 0.1) is 0 Å². The maximum atomic E-state index is 14.2. The number of rotatable bonds is 5. The summed E-state index contributed by atoms with van der Waals surface area (Å²) in [6.45, 7) is 10.3. The van der Waals surface area contributed by atoms with Gasteiger partial charge in [-0.15, -0.1) is 0 Å². The third-order valence-electron chi connectivity index (χ3n) is 4.70. The summed E-state index contributed by atoms with van der Waals surface area (Å²) in [5.74, 6) is 0.321. The Kier molecular flexibility index (Phi) is 8.34. The molecule has 0 unspecified atom stereocenters. The van der Waals surface area contributed by atoms with E-state index in [2.05, 4.69) is 5.43 Å². The molecule has 9 heteroatoms. The van der Waals surface area contributed by atoms with Crippen molar-refractivity contribution in [2.45, 2.75) is 52.7 Å². The molecule has 0 radical (unpaired) electrons. The van der Waals surface area contributed by atoms with Crippen LogP contribution in [0.15, 0.2) is 84.9 Å². The summed E-state index contributed by atoms with van der Waals surface area (Å²) in [6, 6.07) is 24.2. The van der Waals surface area contributed by atoms with E-state index in [-0.39, 0.29) is 0 Å². The lowest BCUT2D eigenvalue weighted by atomic mass is 10.2. The monoisotopic (exact) mass is 524 g/mol. The van der Waals surface area contributed by atoms with Crippen LogP contribution in [0.2, 0.25) is 0 Å². The first kappa shape index (κ1) is 27.8. The fourth-order valence-corrected chi connectivity index (χ4v) is 5.28. The minimum atomic E-state index is -3.47. The van der Waals surface area contributed by atoms with Crippen molar-refractivity contribution < 1.29 is 28.2 Å². The lowest BCUT2D eigenvalue weighted by molar-refractivity contribution is 0.0425. The van der Waals surface area contributed by atoms with Gasteiger partial charge in [-0.25, -0.2) is 15.0 Å². The Morgan fingerprint density at radius 2 is 1.16 bits per heavy atom. The highest BCUT2D eigenvalue weighted by molar-refractivity contribution is 7.74. The molecule has 0 aliphatic heterocycles. The van der Waals surface area contributed by atoms with Crippen LogP contribution in [0.25, 0.3) is 0 Å². The van der Waals surface area contributed by atoms with E-state index in [1.807, 2.05) is 12.1 Å². The van der Waals surface area contributed by atoms with Crippen molar-refractivity contribution in [1.82, 2.24) is 5.43 Å². The average molecular weight is 525 g/mol. The number of hydrazine groups is 1. The number of carbonyl (C=O) groups excluding carboxylic acids is 2. The van der Waals surface area contributed by atoms with Crippen LogP contribution in [0.5, 0.6) is 5.75 Å². The second kappa shape index (κ2) is 11.1. The number of benzene rings is 3. The number of nitrogens with zero attached hydrogens (tertiary/aromatic N) is 1. The Bertz CT molecular complexity index is 1210. The van der Waals surface area contributed by atoms with Gasteiger partial charge in [-0.2, -0.15) is 5.01 Å². The molecule has 0 bridgehead atoms. The first-order chi connectivity index (χ1) is 17.3. The quantitative estimate of drug-likeness (QED) is 0.317. The molecule has 0 atom stereocenters. The normalized spacial score (nSPS) is 11.8. The third kappa shape index (κ3) is 7.86. The number of ether oxygens (including phenoxy) is 2. The summed E-state index contributed by atoms with van der Waals surface area (Å²) in [4.78, 5) is 25.3. The second-order valence-electron chi connectivity index (χ2n) is 10.2. The molecule has 196 valence electrons. The fourth-order valence-electron chi connectivity index (χ4n) is 3.22. The third-order valence-corrected chi connectivity index (χ3v) is 7.12. The Morgan fingerprint density at radius 3 is 1.59 bits per heavy atom. The van der Waals surface area contributed by atoms with Crippen LogP contribution in [0.1, 0.15) is 41.5 Å². The van der Waals surface area contributed by atoms with Gasteiger partial charge in [-0.1, -0.05) is 36.4 Å². The van der Waals surface area contributed by atoms with Crippen LogP contribution < -0.4 is 25.6 Å². The van der Waals surface area contributed by atoms with Gasteiger partial charge in [0.15, 0.2) is 0 Å². The zero-order valence-electron chi connectivity index (χ0n) is 21.9. The number of carbonyl (C=O) groups is 2. The van der Waals surface area contributed by atoms with Crippen LogP contribution in [-0.2, 0) is 14.0 Å².